The number of amides is 1. The molecule has 5 nitrogen and oxygen atoms in total. The Kier molecular flexibility index (Phi) is 8.89. The van der Waals surface area contributed by atoms with Gasteiger partial charge in [0.05, 0.1) is 6.61 Å². The number of hydrazine groups is 1. The lowest BCUT2D eigenvalue weighted by atomic mass is 10.2. The van der Waals surface area contributed by atoms with Gasteiger partial charge in [-0.05, 0) is 37.4 Å². The number of carbonyl (C=O) groups excluding carboxylic acids is 1. The van der Waals surface area contributed by atoms with Crippen LogP contribution in [0.5, 0.6) is 5.75 Å². The van der Waals surface area contributed by atoms with Gasteiger partial charge in [-0.2, -0.15) is 11.8 Å². The molecule has 1 rings (SSSR count). The summed E-state index contributed by atoms with van der Waals surface area (Å²) >= 11 is 1.90. The van der Waals surface area contributed by atoms with Crippen LogP contribution in [-0.2, 0) is 0 Å². The van der Waals surface area contributed by atoms with Crippen LogP contribution in [0, 0.1) is 0 Å². The molecule has 1 amide bonds. The van der Waals surface area contributed by atoms with Crippen LogP contribution in [0.1, 0.15) is 24.2 Å². The van der Waals surface area contributed by atoms with E-state index in [1.54, 1.807) is 24.3 Å². The summed E-state index contributed by atoms with van der Waals surface area (Å²) in [4.78, 5) is 13.7. The SMILES string of the molecule is CCN(CC)CCSCCOc1ccc(C(=O)NN)cc1. The second kappa shape index (κ2) is 10.5. The summed E-state index contributed by atoms with van der Waals surface area (Å²) in [5, 5.41) is 0. The molecule has 1 aromatic rings. The molecule has 0 saturated heterocycles. The molecule has 0 fully saturated rings. The highest BCUT2D eigenvalue weighted by atomic mass is 32.2. The van der Waals surface area contributed by atoms with Crippen LogP contribution in [-0.4, -0.2) is 48.6 Å². The third kappa shape index (κ3) is 6.84. The van der Waals surface area contributed by atoms with Crippen molar-refractivity contribution >= 4 is 17.7 Å². The number of nitrogens with zero attached hydrogens (tertiary/aromatic N) is 1. The summed E-state index contributed by atoms with van der Waals surface area (Å²) in [5.41, 5.74) is 2.62. The molecule has 0 bridgehead atoms. The number of carbonyl (C=O) groups is 1. The Bertz CT molecular complexity index is 408. The Hall–Kier alpha value is -1.24. The Morgan fingerprint density at radius 3 is 2.48 bits per heavy atom. The maximum Gasteiger partial charge on any atom is 0.265 e. The maximum atomic E-state index is 11.3. The van der Waals surface area contributed by atoms with E-state index in [2.05, 4.69) is 24.2 Å². The van der Waals surface area contributed by atoms with Crippen molar-refractivity contribution in [1.82, 2.24) is 10.3 Å². The molecule has 0 aliphatic carbocycles. The van der Waals surface area contributed by atoms with E-state index in [9.17, 15) is 4.79 Å². The summed E-state index contributed by atoms with van der Waals surface area (Å²) in [6, 6.07) is 6.96. The zero-order chi connectivity index (χ0) is 15.5. The first-order valence-corrected chi connectivity index (χ1v) is 8.40. The van der Waals surface area contributed by atoms with Crippen LogP contribution in [0.4, 0.5) is 0 Å². The van der Waals surface area contributed by atoms with E-state index in [1.807, 2.05) is 11.8 Å². The van der Waals surface area contributed by atoms with Crippen molar-refractivity contribution < 1.29 is 9.53 Å². The fourth-order valence-corrected chi connectivity index (χ4v) is 2.63. The Balaban J connectivity index is 2.17. The topological polar surface area (TPSA) is 67.6 Å². The minimum Gasteiger partial charge on any atom is -0.493 e. The molecule has 0 aromatic heterocycles. The van der Waals surface area contributed by atoms with Gasteiger partial charge in [0.25, 0.3) is 5.91 Å². The normalized spacial score (nSPS) is 10.7. The fraction of sp³-hybridized carbons (Fsp3) is 0.533. The van der Waals surface area contributed by atoms with E-state index < -0.39 is 0 Å². The maximum absolute atomic E-state index is 11.3. The molecule has 0 unspecified atom stereocenters. The third-order valence-electron chi connectivity index (χ3n) is 3.19. The number of hydrogen-bond donors (Lipinski definition) is 2. The number of thioether (sulfide) groups is 1. The highest BCUT2D eigenvalue weighted by Crippen LogP contribution is 2.12. The molecule has 0 aliphatic rings. The third-order valence-corrected chi connectivity index (χ3v) is 4.12. The Labute approximate surface area is 131 Å². The van der Waals surface area contributed by atoms with E-state index in [1.165, 1.54) is 0 Å². The molecule has 0 aliphatic heterocycles. The summed E-state index contributed by atoms with van der Waals surface area (Å²) in [6.07, 6.45) is 0. The van der Waals surface area contributed by atoms with Crippen LogP contribution in [0.3, 0.4) is 0 Å². The van der Waals surface area contributed by atoms with E-state index in [0.717, 1.165) is 36.9 Å². The van der Waals surface area contributed by atoms with Crippen LogP contribution < -0.4 is 16.0 Å². The largest absolute Gasteiger partial charge is 0.493 e. The molecular formula is C15H25N3O2S. The van der Waals surface area contributed by atoms with E-state index in [4.69, 9.17) is 10.6 Å². The monoisotopic (exact) mass is 311 g/mol. The van der Waals surface area contributed by atoms with Gasteiger partial charge in [0.1, 0.15) is 5.75 Å². The number of rotatable bonds is 10. The quantitative estimate of drug-likeness (QED) is 0.298. The molecule has 6 heteroatoms. The number of benzene rings is 1. The predicted molar refractivity (Wildman–Crippen MR) is 88.7 cm³/mol. The average molecular weight is 311 g/mol. The lowest BCUT2D eigenvalue weighted by Crippen LogP contribution is -2.29. The van der Waals surface area contributed by atoms with Crippen molar-refractivity contribution in [2.75, 3.05) is 37.7 Å². The van der Waals surface area contributed by atoms with Crippen LogP contribution >= 0.6 is 11.8 Å². The Morgan fingerprint density at radius 1 is 1.24 bits per heavy atom. The highest BCUT2D eigenvalue weighted by Gasteiger charge is 2.03. The summed E-state index contributed by atoms with van der Waals surface area (Å²) < 4.78 is 5.64. The van der Waals surface area contributed by atoms with Crippen LogP contribution in [0.2, 0.25) is 0 Å². The molecule has 0 atom stereocenters. The van der Waals surface area contributed by atoms with E-state index in [-0.39, 0.29) is 5.91 Å². The zero-order valence-electron chi connectivity index (χ0n) is 12.8. The molecule has 1 aromatic carbocycles. The summed E-state index contributed by atoms with van der Waals surface area (Å²) in [6.45, 7) is 8.39. The standard InChI is InChI=1S/C15H25N3O2S/c1-3-18(4-2)9-11-21-12-10-20-14-7-5-13(6-8-14)15(19)17-16/h5-8H,3-4,9-12,16H2,1-2H3,(H,17,19). The zero-order valence-corrected chi connectivity index (χ0v) is 13.6. The number of nitrogens with two attached hydrogens (primary N) is 1. The second-order valence-electron chi connectivity index (χ2n) is 4.49. The van der Waals surface area contributed by atoms with Crippen molar-refractivity contribution in [3.63, 3.8) is 0 Å². The first kappa shape index (κ1) is 17.8. The minimum absolute atomic E-state index is 0.298. The van der Waals surface area contributed by atoms with Gasteiger partial charge in [-0.25, -0.2) is 5.84 Å². The molecule has 21 heavy (non-hydrogen) atoms. The number of ether oxygens (including phenoxy) is 1. The first-order chi connectivity index (χ1) is 10.2. The van der Waals surface area contributed by atoms with E-state index >= 15 is 0 Å². The fourth-order valence-electron chi connectivity index (χ4n) is 1.84. The molecule has 118 valence electrons. The lowest BCUT2D eigenvalue weighted by molar-refractivity contribution is 0.0953. The lowest BCUT2D eigenvalue weighted by Gasteiger charge is -2.17. The van der Waals surface area contributed by atoms with Gasteiger partial charge in [0.2, 0.25) is 0 Å². The molecule has 3 N–H and O–H groups in total. The predicted octanol–water partition coefficient (Wildman–Crippen LogP) is 1.74. The Morgan fingerprint density at radius 2 is 1.90 bits per heavy atom. The van der Waals surface area contributed by atoms with Gasteiger partial charge in [0.15, 0.2) is 0 Å². The van der Waals surface area contributed by atoms with E-state index in [0.29, 0.717) is 12.2 Å². The number of nitrogen functional groups attached to an aromatic ring is 1. The van der Waals surface area contributed by atoms with Crippen molar-refractivity contribution in [2.45, 2.75) is 13.8 Å². The van der Waals surface area contributed by atoms with Gasteiger partial charge in [0, 0.05) is 23.6 Å². The van der Waals surface area contributed by atoms with Gasteiger partial charge >= 0.3 is 0 Å². The van der Waals surface area contributed by atoms with Crippen molar-refractivity contribution in [3.05, 3.63) is 29.8 Å². The van der Waals surface area contributed by atoms with Crippen LogP contribution in [0.25, 0.3) is 0 Å². The summed E-state index contributed by atoms with van der Waals surface area (Å²) in [5.74, 6) is 7.64. The second-order valence-corrected chi connectivity index (χ2v) is 5.71. The van der Waals surface area contributed by atoms with Gasteiger partial charge < -0.3 is 9.64 Å². The van der Waals surface area contributed by atoms with Crippen molar-refractivity contribution in [2.24, 2.45) is 5.84 Å². The van der Waals surface area contributed by atoms with Crippen LogP contribution in [0.15, 0.2) is 24.3 Å². The van der Waals surface area contributed by atoms with Gasteiger partial charge in [-0.3, -0.25) is 10.2 Å². The van der Waals surface area contributed by atoms with Crippen molar-refractivity contribution in [3.8, 4) is 5.75 Å². The number of nitrogens with one attached hydrogen (secondary N) is 1. The summed E-state index contributed by atoms with van der Waals surface area (Å²) in [7, 11) is 0. The molecule has 0 spiro atoms. The minimum atomic E-state index is -0.298. The molecule has 0 saturated carbocycles. The molecular weight excluding hydrogens is 286 g/mol. The highest BCUT2D eigenvalue weighted by molar-refractivity contribution is 7.99. The van der Waals surface area contributed by atoms with Gasteiger partial charge in [-0.1, -0.05) is 13.8 Å². The van der Waals surface area contributed by atoms with Gasteiger partial charge in [-0.15, -0.1) is 0 Å². The smallest absolute Gasteiger partial charge is 0.265 e. The number of hydrogen-bond acceptors (Lipinski definition) is 5. The molecule has 0 radical (unpaired) electrons. The average Bonchev–Trinajstić information content (AvgIpc) is 2.54. The molecule has 0 heterocycles. The van der Waals surface area contributed by atoms with Crippen molar-refractivity contribution in [1.29, 1.82) is 0 Å². The first-order valence-electron chi connectivity index (χ1n) is 7.25.